The van der Waals surface area contributed by atoms with Crippen molar-refractivity contribution >= 4 is 16.0 Å². The first-order chi connectivity index (χ1) is 12.6. The van der Waals surface area contributed by atoms with E-state index in [9.17, 15) is 21.6 Å². The lowest BCUT2D eigenvalue weighted by Crippen LogP contribution is -2.51. The van der Waals surface area contributed by atoms with Crippen molar-refractivity contribution in [3.8, 4) is 0 Å². The highest BCUT2D eigenvalue weighted by atomic mass is 32.2. The van der Waals surface area contributed by atoms with E-state index < -0.39 is 15.5 Å². The summed E-state index contributed by atoms with van der Waals surface area (Å²) in [6.45, 7) is 5.29. The zero-order chi connectivity index (χ0) is 20.1. The number of nitrogens with one attached hydrogen (secondary N) is 2. The van der Waals surface area contributed by atoms with Gasteiger partial charge in [-0.1, -0.05) is 19.8 Å². The van der Waals surface area contributed by atoms with Crippen LogP contribution in [0.1, 0.15) is 58.8 Å². The molecule has 0 unspecified atom stereocenters. The van der Waals surface area contributed by atoms with Crippen molar-refractivity contribution < 1.29 is 21.6 Å². The van der Waals surface area contributed by atoms with Gasteiger partial charge in [-0.25, -0.2) is 8.42 Å². The van der Waals surface area contributed by atoms with Crippen molar-refractivity contribution in [2.24, 2.45) is 10.4 Å². The smallest absolute Gasteiger partial charge is 0.357 e. The Balaban J connectivity index is 1.93. The summed E-state index contributed by atoms with van der Waals surface area (Å²) in [5, 5.41) is 6.46. The zero-order valence-electron chi connectivity index (χ0n) is 16.1. The van der Waals surface area contributed by atoms with Gasteiger partial charge < -0.3 is 10.6 Å². The molecule has 0 aromatic heterocycles. The van der Waals surface area contributed by atoms with Gasteiger partial charge in [0.1, 0.15) is 0 Å². The minimum absolute atomic E-state index is 0.0939. The van der Waals surface area contributed by atoms with E-state index in [1.807, 2.05) is 6.92 Å². The number of hydrogen-bond donors (Lipinski definition) is 2. The lowest BCUT2D eigenvalue weighted by molar-refractivity contribution is -0.0494. The van der Waals surface area contributed by atoms with Crippen molar-refractivity contribution in [3.63, 3.8) is 0 Å². The topological polar surface area (TPSA) is 73.8 Å². The number of aliphatic imine (C=N–C) groups is 1. The maximum atomic E-state index is 12.7. The highest BCUT2D eigenvalue weighted by Crippen LogP contribution is 2.41. The van der Waals surface area contributed by atoms with Gasteiger partial charge in [-0.05, 0) is 44.4 Å². The van der Waals surface area contributed by atoms with E-state index in [-0.39, 0.29) is 24.5 Å². The number of halogens is 3. The van der Waals surface area contributed by atoms with Crippen molar-refractivity contribution in [2.75, 3.05) is 26.2 Å². The Morgan fingerprint density at radius 2 is 1.78 bits per heavy atom. The van der Waals surface area contributed by atoms with Crippen LogP contribution in [0.3, 0.4) is 0 Å². The Bertz CT molecular complexity index is 608. The number of alkyl halides is 3. The number of sulfonamides is 1. The summed E-state index contributed by atoms with van der Waals surface area (Å²) in [4.78, 5) is 4.72. The number of piperidine rings is 1. The van der Waals surface area contributed by atoms with E-state index in [1.54, 1.807) is 0 Å². The molecule has 1 aliphatic carbocycles. The molecule has 2 fully saturated rings. The second-order valence-corrected chi connectivity index (χ2v) is 9.45. The minimum Gasteiger partial charge on any atom is -0.357 e. The molecule has 2 rings (SSSR count). The van der Waals surface area contributed by atoms with E-state index in [0.29, 0.717) is 29.7 Å². The van der Waals surface area contributed by atoms with Crippen LogP contribution in [0, 0.1) is 5.41 Å². The fraction of sp³-hybridized carbons (Fsp3) is 0.941. The Labute approximate surface area is 160 Å². The molecule has 1 heterocycles. The van der Waals surface area contributed by atoms with E-state index in [1.165, 1.54) is 25.7 Å². The fourth-order valence-corrected chi connectivity index (χ4v) is 4.88. The van der Waals surface area contributed by atoms with Gasteiger partial charge in [0, 0.05) is 32.2 Å². The second kappa shape index (κ2) is 8.98. The Kier molecular flexibility index (Phi) is 7.40. The predicted octanol–water partition coefficient (Wildman–Crippen LogP) is 2.83. The van der Waals surface area contributed by atoms with Gasteiger partial charge >= 0.3 is 15.5 Å². The van der Waals surface area contributed by atoms with E-state index in [2.05, 4.69) is 17.6 Å². The molecule has 0 radical (unpaired) electrons. The molecule has 0 amide bonds. The number of guanidine groups is 1. The van der Waals surface area contributed by atoms with Gasteiger partial charge in [-0.3, -0.25) is 4.99 Å². The van der Waals surface area contributed by atoms with Crippen LogP contribution in [0.25, 0.3) is 0 Å². The standard InChI is InChI=1S/C17H31F3N4O2S/c1-3-16(9-5-6-10-16)13-22-15(21-4-2)23-14-7-11-24(12-8-14)27(25,26)17(18,19)20/h14H,3-13H2,1-2H3,(H2,21,22,23). The van der Waals surface area contributed by atoms with E-state index in [4.69, 9.17) is 4.99 Å². The maximum Gasteiger partial charge on any atom is 0.511 e. The molecule has 2 N–H and O–H groups in total. The number of nitrogens with zero attached hydrogens (tertiary/aromatic N) is 2. The molecule has 6 nitrogen and oxygen atoms in total. The summed E-state index contributed by atoms with van der Waals surface area (Å²) in [5.74, 6) is 0.661. The third-order valence-electron chi connectivity index (χ3n) is 5.76. The molecule has 0 aromatic rings. The van der Waals surface area contributed by atoms with Crippen LogP contribution in [0.4, 0.5) is 13.2 Å². The highest BCUT2D eigenvalue weighted by Gasteiger charge is 2.50. The first kappa shape index (κ1) is 22.3. The average Bonchev–Trinajstić information content (AvgIpc) is 3.09. The average molecular weight is 413 g/mol. The monoisotopic (exact) mass is 412 g/mol. The van der Waals surface area contributed by atoms with Crippen LogP contribution in [-0.2, 0) is 10.0 Å². The van der Waals surface area contributed by atoms with Crippen LogP contribution in [0.15, 0.2) is 4.99 Å². The van der Waals surface area contributed by atoms with E-state index in [0.717, 1.165) is 13.0 Å². The van der Waals surface area contributed by atoms with Crippen LogP contribution >= 0.6 is 0 Å². The molecule has 1 aliphatic heterocycles. The normalized spacial score (nSPS) is 22.8. The Morgan fingerprint density at radius 1 is 1.19 bits per heavy atom. The lowest BCUT2D eigenvalue weighted by atomic mass is 9.84. The second-order valence-electron chi connectivity index (χ2n) is 7.52. The molecular formula is C17H31F3N4O2S. The predicted molar refractivity (Wildman–Crippen MR) is 99.9 cm³/mol. The van der Waals surface area contributed by atoms with Crippen molar-refractivity contribution in [2.45, 2.75) is 70.3 Å². The molecule has 0 atom stereocenters. The van der Waals surface area contributed by atoms with Gasteiger partial charge in [-0.2, -0.15) is 17.5 Å². The molecule has 0 aromatic carbocycles. The van der Waals surface area contributed by atoms with E-state index >= 15 is 0 Å². The molecular weight excluding hydrogens is 381 g/mol. The van der Waals surface area contributed by atoms with Crippen molar-refractivity contribution in [3.05, 3.63) is 0 Å². The summed E-state index contributed by atoms with van der Waals surface area (Å²) in [6, 6.07) is -0.0939. The lowest BCUT2D eigenvalue weighted by Gasteiger charge is -2.33. The van der Waals surface area contributed by atoms with Gasteiger partial charge in [0.25, 0.3) is 0 Å². The van der Waals surface area contributed by atoms with Crippen molar-refractivity contribution in [1.29, 1.82) is 0 Å². The molecule has 0 bridgehead atoms. The summed E-state index contributed by atoms with van der Waals surface area (Å²) in [7, 11) is -5.23. The van der Waals surface area contributed by atoms with Gasteiger partial charge in [0.15, 0.2) is 5.96 Å². The van der Waals surface area contributed by atoms with Crippen LogP contribution in [0.5, 0.6) is 0 Å². The summed E-state index contributed by atoms with van der Waals surface area (Å²) < 4.78 is 61.5. The molecule has 1 saturated carbocycles. The summed E-state index contributed by atoms with van der Waals surface area (Å²) >= 11 is 0. The molecule has 2 aliphatic rings. The fourth-order valence-electron chi connectivity index (χ4n) is 3.90. The Hall–Kier alpha value is -1.03. The highest BCUT2D eigenvalue weighted by molar-refractivity contribution is 7.90. The molecule has 10 heteroatoms. The van der Waals surface area contributed by atoms with Gasteiger partial charge in [0.2, 0.25) is 0 Å². The first-order valence-corrected chi connectivity index (χ1v) is 11.2. The SMILES string of the molecule is CCNC(=NCC1(CC)CCCC1)NC1CCN(S(=O)(=O)C(F)(F)F)CC1. The van der Waals surface area contributed by atoms with Gasteiger partial charge in [-0.15, -0.1) is 0 Å². The number of hydrogen-bond acceptors (Lipinski definition) is 3. The summed E-state index contributed by atoms with van der Waals surface area (Å²) in [5.41, 5.74) is -4.98. The van der Waals surface area contributed by atoms with Gasteiger partial charge in [0.05, 0.1) is 0 Å². The quantitative estimate of drug-likeness (QED) is 0.520. The molecule has 27 heavy (non-hydrogen) atoms. The third-order valence-corrected chi connectivity index (χ3v) is 7.39. The third kappa shape index (κ3) is 5.49. The first-order valence-electron chi connectivity index (χ1n) is 9.75. The molecule has 0 spiro atoms. The summed E-state index contributed by atoms with van der Waals surface area (Å²) in [6.07, 6.45) is 6.56. The van der Waals surface area contributed by atoms with Crippen LogP contribution in [-0.4, -0.2) is 56.4 Å². The van der Waals surface area contributed by atoms with Crippen LogP contribution in [0.2, 0.25) is 0 Å². The number of rotatable bonds is 6. The zero-order valence-corrected chi connectivity index (χ0v) is 16.9. The molecule has 1 saturated heterocycles. The van der Waals surface area contributed by atoms with Crippen molar-refractivity contribution in [1.82, 2.24) is 14.9 Å². The maximum absolute atomic E-state index is 12.7. The van der Waals surface area contributed by atoms with Crippen LogP contribution < -0.4 is 10.6 Å². The largest absolute Gasteiger partial charge is 0.511 e. The minimum atomic E-state index is -5.24. The Morgan fingerprint density at radius 3 is 2.26 bits per heavy atom. The molecule has 158 valence electrons.